The number of aldehydes is 1. The molecule has 0 aromatic carbocycles. The number of aliphatic hydroxyl groups is 1. The number of rotatable bonds is 2. The number of ether oxygens (including phenoxy) is 1. The van der Waals surface area contributed by atoms with Gasteiger partial charge in [0.05, 0.1) is 7.11 Å². The van der Waals surface area contributed by atoms with Crippen molar-refractivity contribution in [3.05, 3.63) is 23.7 Å². The summed E-state index contributed by atoms with van der Waals surface area (Å²) < 4.78 is 4.82. The van der Waals surface area contributed by atoms with Gasteiger partial charge in [0.15, 0.2) is 11.5 Å². The first-order chi connectivity index (χ1) is 5.27. The zero-order valence-corrected chi connectivity index (χ0v) is 6.28. The Labute approximate surface area is 65.0 Å². The molecule has 0 radical (unpaired) electrons. The highest BCUT2D eigenvalue weighted by Gasteiger charge is 2.14. The fourth-order valence-corrected chi connectivity index (χ4v) is 0.964. The van der Waals surface area contributed by atoms with Crippen molar-refractivity contribution < 1.29 is 14.6 Å². The van der Waals surface area contributed by atoms with Crippen LogP contribution in [0.15, 0.2) is 23.7 Å². The fourth-order valence-electron chi connectivity index (χ4n) is 0.964. The first kappa shape index (κ1) is 7.85. The molecule has 0 amide bonds. The zero-order chi connectivity index (χ0) is 8.27. The van der Waals surface area contributed by atoms with Gasteiger partial charge in [0.1, 0.15) is 6.29 Å². The van der Waals surface area contributed by atoms with Crippen LogP contribution in [0.3, 0.4) is 0 Å². The molecule has 1 atom stereocenters. The molecular formula is C8H10O3. The van der Waals surface area contributed by atoms with E-state index in [-0.39, 0.29) is 11.7 Å². The van der Waals surface area contributed by atoms with Crippen LogP contribution >= 0.6 is 0 Å². The maximum Gasteiger partial charge on any atom is 0.156 e. The van der Waals surface area contributed by atoms with Crippen LogP contribution in [0, 0.1) is 5.92 Å². The Hall–Kier alpha value is -1.25. The molecule has 60 valence electrons. The van der Waals surface area contributed by atoms with E-state index in [0.717, 1.165) is 6.29 Å². The molecule has 0 spiro atoms. The lowest BCUT2D eigenvalue weighted by molar-refractivity contribution is -0.109. The Morgan fingerprint density at radius 2 is 2.55 bits per heavy atom. The minimum atomic E-state index is -0.152. The second kappa shape index (κ2) is 3.23. The average Bonchev–Trinajstić information content (AvgIpc) is 2.05. The number of hydrogen-bond donors (Lipinski definition) is 1. The van der Waals surface area contributed by atoms with Crippen LogP contribution < -0.4 is 0 Å². The summed E-state index contributed by atoms with van der Waals surface area (Å²) in [5.74, 6) is 0.347. The Bertz CT molecular complexity index is 215. The number of methoxy groups -OCH3 is 1. The van der Waals surface area contributed by atoms with Crippen LogP contribution in [-0.4, -0.2) is 18.5 Å². The number of hydrogen-bond acceptors (Lipinski definition) is 3. The van der Waals surface area contributed by atoms with E-state index in [1.807, 2.05) is 0 Å². The molecule has 0 aromatic heterocycles. The summed E-state index contributed by atoms with van der Waals surface area (Å²) in [5, 5.41) is 9.13. The summed E-state index contributed by atoms with van der Waals surface area (Å²) in [6.45, 7) is 0. The van der Waals surface area contributed by atoms with Gasteiger partial charge in [-0.25, -0.2) is 0 Å². The van der Waals surface area contributed by atoms with E-state index in [1.54, 1.807) is 12.2 Å². The summed E-state index contributed by atoms with van der Waals surface area (Å²) >= 11 is 0. The summed E-state index contributed by atoms with van der Waals surface area (Å²) in [6, 6.07) is 0. The van der Waals surface area contributed by atoms with Crippen LogP contribution in [0.1, 0.15) is 6.42 Å². The minimum absolute atomic E-state index is 0.116. The standard InChI is InChI=1S/C8H10O3/c1-11-8-4-6(5-9)2-3-7(8)10/h3-6,10H,2H2,1H3. The quantitative estimate of drug-likeness (QED) is 0.607. The highest BCUT2D eigenvalue weighted by atomic mass is 16.5. The van der Waals surface area contributed by atoms with Gasteiger partial charge in [-0.1, -0.05) is 0 Å². The maximum absolute atomic E-state index is 10.3. The van der Waals surface area contributed by atoms with Crippen molar-refractivity contribution in [1.29, 1.82) is 0 Å². The number of aliphatic hydroxyl groups excluding tert-OH is 1. The van der Waals surface area contributed by atoms with Crippen molar-refractivity contribution in [3.8, 4) is 0 Å². The van der Waals surface area contributed by atoms with E-state index >= 15 is 0 Å². The first-order valence-electron chi connectivity index (χ1n) is 3.38. The molecule has 1 unspecified atom stereocenters. The maximum atomic E-state index is 10.3. The van der Waals surface area contributed by atoms with Crippen molar-refractivity contribution in [2.24, 2.45) is 5.92 Å². The van der Waals surface area contributed by atoms with E-state index < -0.39 is 0 Å². The third-order valence-electron chi connectivity index (χ3n) is 1.60. The average molecular weight is 154 g/mol. The van der Waals surface area contributed by atoms with Gasteiger partial charge in [-0.3, -0.25) is 0 Å². The minimum Gasteiger partial charge on any atom is -0.504 e. The van der Waals surface area contributed by atoms with E-state index in [4.69, 9.17) is 9.84 Å². The summed E-state index contributed by atoms with van der Waals surface area (Å²) in [7, 11) is 1.46. The largest absolute Gasteiger partial charge is 0.504 e. The molecule has 0 saturated carbocycles. The highest BCUT2D eigenvalue weighted by Crippen LogP contribution is 2.19. The van der Waals surface area contributed by atoms with Crippen molar-refractivity contribution in [2.75, 3.05) is 7.11 Å². The number of carbonyl (C=O) groups is 1. The molecule has 1 aliphatic carbocycles. The highest BCUT2D eigenvalue weighted by molar-refractivity contribution is 5.58. The van der Waals surface area contributed by atoms with E-state index in [9.17, 15) is 4.79 Å². The molecule has 0 fully saturated rings. The van der Waals surface area contributed by atoms with Gasteiger partial charge < -0.3 is 14.6 Å². The van der Waals surface area contributed by atoms with Gasteiger partial charge in [0.2, 0.25) is 0 Å². The van der Waals surface area contributed by atoms with Gasteiger partial charge in [-0.2, -0.15) is 0 Å². The molecule has 1 aliphatic rings. The van der Waals surface area contributed by atoms with Crippen molar-refractivity contribution in [3.63, 3.8) is 0 Å². The number of allylic oxidation sites excluding steroid dienone is 2. The van der Waals surface area contributed by atoms with Crippen LogP contribution in [0.5, 0.6) is 0 Å². The fraction of sp³-hybridized carbons (Fsp3) is 0.375. The van der Waals surface area contributed by atoms with Gasteiger partial charge in [-0.15, -0.1) is 0 Å². The van der Waals surface area contributed by atoms with E-state index in [0.29, 0.717) is 12.2 Å². The van der Waals surface area contributed by atoms with Gasteiger partial charge in [-0.05, 0) is 18.6 Å². The van der Waals surface area contributed by atoms with Crippen LogP contribution in [0.2, 0.25) is 0 Å². The molecule has 0 saturated heterocycles. The second-order valence-corrected chi connectivity index (χ2v) is 2.36. The van der Waals surface area contributed by atoms with Crippen molar-refractivity contribution in [1.82, 2.24) is 0 Å². The SMILES string of the molecule is COC1=CC(C=O)CC=C1O. The van der Waals surface area contributed by atoms with Crippen LogP contribution in [-0.2, 0) is 9.53 Å². The Morgan fingerprint density at radius 1 is 1.82 bits per heavy atom. The molecule has 1 N–H and O–H groups in total. The molecule has 0 aliphatic heterocycles. The first-order valence-corrected chi connectivity index (χ1v) is 3.38. The third-order valence-corrected chi connectivity index (χ3v) is 1.60. The monoisotopic (exact) mass is 154 g/mol. The second-order valence-electron chi connectivity index (χ2n) is 2.36. The van der Waals surface area contributed by atoms with Gasteiger partial charge >= 0.3 is 0 Å². The van der Waals surface area contributed by atoms with Gasteiger partial charge in [0, 0.05) is 5.92 Å². The number of carbonyl (C=O) groups excluding carboxylic acids is 1. The van der Waals surface area contributed by atoms with Crippen LogP contribution in [0.4, 0.5) is 0 Å². The molecule has 1 rings (SSSR count). The van der Waals surface area contributed by atoms with Crippen molar-refractivity contribution >= 4 is 6.29 Å². The smallest absolute Gasteiger partial charge is 0.156 e. The van der Waals surface area contributed by atoms with Gasteiger partial charge in [0.25, 0.3) is 0 Å². The molecular weight excluding hydrogens is 144 g/mol. The zero-order valence-electron chi connectivity index (χ0n) is 6.28. The molecule has 11 heavy (non-hydrogen) atoms. The lowest BCUT2D eigenvalue weighted by atomic mass is 10.0. The van der Waals surface area contributed by atoms with Crippen LogP contribution in [0.25, 0.3) is 0 Å². The molecule has 0 heterocycles. The summed E-state index contributed by atoms with van der Waals surface area (Å²) in [5.41, 5.74) is 0. The summed E-state index contributed by atoms with van der Waals surface area (Å²) in [4.78, 5) is 10.3. The topological polar surface area (TPSA) is 46.5 Å². The van der Waals surface area contributed by atoms with E-state index in [1.165, 1.54) is 7.11 Å². The lowest BCUT2D eigenvalue weighted by Gasteiger charge is -2.12. The van der Waals surface area contributed by atoms with Crippen molar-refractivity contribution in [2.45, 2.75) is 6.42 Å². The Morgan fingerprint density at radius 3 is 3.09 bits per heavy atom. The lowest BCUT2D eigenvalue weighted by Crippen LogP contribution is -2.06. The Balaban J connectivity index is 2.77. The molecule has 0 bridgehead atoms. The molecule has 3 nitrogen and oxygen atoms in total. The normalized spacial score (nSPS) is 23.5. The Kier molecular flexibility index (Phi) is 2.31. The predicted octanol–water partition coefficient (Wildman–Crippen LogP) is 1.18. The third kappa shape index (κ3) is 1.61. The summed E-state index contributed by atoms with van der Waals surface area (Å²) in [6.07, 6.45) is 4.59. The molecule has 0 aromatic rings. The van der Waals surface area contributed by atoms with E-state index in [2.05, 4.69) is 0 Å². The predicted molar refractivity (Wildman–Crippen MR) is 40.0 cm³/mol. The molecule has 3 heteroatoms.